The quantitative estimate of drug-likeness (QED) is 0.429. The first-order valence-electron chi connectivity index (χ1n) is 11.1. The molecule has 1 aromatic heterocycles. The van der Waals surface area contributed by atoms with Crippen molar-refractivity contribution in [2.24, 2.45) is 0 Å². The van der Waals surface area contributed by atoms with Crippen molar-refractivity contribution in [2.75, 3.05) is 14.2 Å². The van der Waals surface area contributed by atoms with Gasteiger partial charge in [-0.25, -0.2) is 4.68 Å². The summed E-state index contributed by atoms with van der Waals surface area (Å²) in [4.78, 5) is 12.8. The number of amides is 1. The smallest absolute Gasteiger partial charge is 0.227 e. The number of nitrogens with one attached hydrogen (secondary N) is 1. The van der Waals surface area contributed by atoms with Crippen LogP contribution in [-0.4, -0.2) is 29.8 Å². The molecule has 0 saturated heterocycles. The van der Waals surface area contributed by atoms with Crippen LogP contribution in [0.2, 0.25) is 0 Å². The van der Waals surface area contributed by atoms with E-state index in [4.69, 9.17) is 9.84 Å². The van der Waals surface area contributed by atoms with Crippen molar-refractivity contribution in [2.45, 2.75) is 26.2 Å². The highest BCUT2D eigenvalue weighted by Gasteiger charge is 2.23. The molecule has 0 aliphatic heterocycles. The molecule has 1 unspecified atom stereocenters. The first kappa shape index (κ1) is 22.3. The van der Waals surface area contributed by atoms with Gasteiger partial charge in [-0.3, -0.25) is 4.79 Å². The predicted molar refractivity (Wildman–Crippen MR) is 132 cm³/mol. The minimum Gasteiger partial charge on any atom is -0.497 e. The summed E-state index contributed by atoms with van der Waals surface area (Å²) in [6.45, 7) is 4.12. The molecule has 0 saturated carbocycles. The molecule has 1 N–H and O–H groups in total. The van der Waals surface area contributed by atoms with Gasteiger partial charge < -0.3 is 10.1 Å². The Kier molecular flexibility index (Phi) is 6.59. The lowest BCUT2D eigenvalue weighted by Crippen LogP contribution is -2.27. The molecule has 0 radical (unpaired) electrons. The Morgan fingerprint density at radius 3 is 2.33 bits per heavy atom. The lowest BCUT2D eigenvalue weighted by molar-refractivity contribution is -0.122. The lowest BCUT2D eigenvalue weighted by Gasteiger charge is -2.15. The van der Waals surface area contributed by atoms with Gasteiger partial charge in [0.1, 0.15) is 5.75 Å². The minimum atomic E-state index is -0.319. The molecule has 0 aliphatic rings. The molecule has 4 aromatic rings. The molecular weight excluding hydrogens is 410 g/mol. The molecule has 1 amide bonds. The van der Waals surface area contributed by atoms with E-state index in [2.05, 4.69) is 48.6 Å². The van der Waals surface area contributed by atoms with Crippen molar-refractivity contribution in [3.8, 4) is 22.7 Å². The third-order valence-corrected chi connectivity index (χ3v) is 5.84. The Balaban J connectivity index is 1.77. The number of ether oxygens (including phenoxy) is 1. The molecule has 0 spiro atoms. The summed E-state index contributed by atoms with van der Waals surface area (Å²) >= 11 is 0. The topological polar surface area (TPSA) is 56.2 Å². The summed E-state index contributed by atoms with van der Waals surface area (Å²) in [5, 5.41) is 7.75. The zero-order valence-electron chi connectivity index (χ0n) is 19.5. The van der Waals surface area contributed by atoms with Crippen LogP contribution >= 0.6 is 0 Å². The maximum Gasteiger partial charge on any atom is 0.227 e. The number of carbonyl (C=O) groups is 1. The zero-order valence-corrected chi connectivity index (χ0v) is 19.5. The van der Waals surface area contributed by atoms with Gasteiger partial charge in [0.25, 0.3) is 0 Å². The number of aryl methyl sites for hydroxylation is 2. The van der Waals surface area contributed by atoms with Crippen molar-refractivity contribution in [1.82, 2.24) is 15.1 Å². The third-order valence-electron chi connectivity index (χ3n) is 5.84. The zero-order chi connectivity index (χ0) is 23.4. The Morgan fingerprint density at radius 2 is 1.70 bits per heavy atom. The SMILES string of the molecule is CNC(=O)C(Cc1cc(-c2ccc(C)cc2)n(-c2ccc(OC)cc2)n1)c1cccc(C)c1. The van der Waals surface area contributed by atoms with E-state index in [1.807, 2.05) is 54.1 Å². The Bertz CT molecular complexity index is 1240. The van der Waals surface area contributed by atoms with E-state index in [1.165, 1.54) is 5.56 Å². The second-order valence-corrected chi connectivity index (χ2v) is 8.28. The van der Waals surface area contributed by atoms with Crippen LogP contribution in [0.25, 0.3) is 16.9 Å². The summed E-state index contributed by atoms with van der Waals surface area (Å²) in [7, 11) is 3.34. The molecule has 0 fully saturated rings. The fourth-order valence-corrected chi connectivity index (χ4v) is 4.01. The first-order chi connectivity index (χ1) is 16.0. The normalized spacial score (nSPS) is 11.8. The fraction of sp³-hybridized carbons (Fsp3) is 0.214. The highest BCUT2D eigenvalue weighted by molar-refractivity contribution is 5.83. The van der Waals surface area contributed by atoms with Crippen LogP contribution < -0.4 is 10.1 Å². The number of carbonyl (C=O) groups excluding carboxylic acids is 1. The van der Waals surface area contributed by atoms with E-state index in [0.717, 1.165) is 39.5 Å². The van der Waals surface area contributed by atoms with Crippen molar-refractivity contribution >= 4 is 5.91 Å². The van der Waals surface area contributed by atoms with Crippen LogP contribution in [-0.2, 0) is 11.2 Å². The number of hydrogen-bond donors (Lipinski definition) is 1. The molecular formula is C28H29N3O2. The van der Waals surface area contributed by atoms with Crippen LogP contribution in [0.3, 0.4) is 0 Å². The second-order valence-electron chi connectivity index (χ2n) is 8.28. The third kappa shape index (κ3) is 4.98. The molecule has 0 aliphatic carbocycles. The second kappa shape index (κ2) is 9.74. The maximum absolute atomic E-state index is 12.8. The average molecular weight is 440 g/mol. The van der Waals surface area contributed by atoms with Crippen molar-refractivity contribution in [3.63, 3.8) is 0 Å². The number of aromatic nitrogens is 2. The van der Waals surface area contributed by atoms with E-state index in [0.29, 0.717) is 6.42 Å². The van der Waals surface area contributed by atoms with E-state index >= 15 is 0 Å². The number of methoxy groups -OCH3 is 1. The average Bonchev–Trinajstić information content (AvgIpc) is 3.26. The van der Waals surface area contributed by atoms with Crippen LogP contribution in [0.15, 0.2) is 78.9 Å². The van der Waals surface area contributed by atoms with E-state index in [9.17, 15) is 4.79 Å². The number of hydrogen-bond acceptors (Lipinski definition) is 3. The summed E-state index contributed by atoms with van der Waals surface area (Å²) in [6.07, 6.45) is 0.505. The first-order valence-corrected chi connectivity index (χ1v) is 11.1. The summed E-state index contributed by atoms with van der Waals surface area (Å²) in [6, 6.07) is 26.4. The maximum atomic E-state index is 12.8. The molecule has 1 heterocycles. The van der Waals surface area contributed by atoms with Gasteiger partial charge in [-0.2, -0.15) is 5.10 Å². The van der Waals surface area contributed by atoms with Gasteiger partial charge in [0, 0.05) is 19.0 Å². The molecule has 4 rings (SSSR count). The van der Waals surface area contributed by atoms with Gasteiger partial charge >= 0.3 is 0 Å². The molecule has 0 bridgehead atoms. The number of likely N-dealkylation sites (N-methyl/N-ethyl adjacent to an activating group) is 1. The van der Waals surface area contributed by atoms with Gasteiger partial charge in [-0.1, -0.05) is 59.7 Å². The van der Waals surface area contributed by atoms with E-state index in [-0.39, 0.29) is 11.8 Å². The standard InChI is InChI=1S/C28H29N3O2/c1-19-8-10-21(11-9-19)27-18-23(30-31(27)24-12-14-25(33-4)15-13-24)17-26(28(32)29-3)22-7-5-6-20(2)16-22/h5-16,18,26H,17H2,1-4H3,(H,29,32). The van der Waals surface area contributed by atoms with Crippen molar-refractivity contribution in [3.05, 3.63) is 101 Å². The summed E-state index contributed by atoms with van der Waals surface area (Å²) in [5.41, 5.74) is 7.17. The van der Waals surface area contributed by atoms with Gasteiger partial charge in [0.2, 0.25) is 5.91 Å². The largest absolute Gasteiger partial charge is 0.497 e. The number of rotatable bonds is 7. The molecule has 3 aromatic carbocycles. The van der Waals surface area contributed by atoms with Crippen LogP contribution in [0.1, 0.15) is 28.3 Å². The van der Waals surface area contributed by atoms with E-state index < -0.39 is 0 Å². The highest BCUT2D eigenvalue weighted by atomic mass is 16.5. The Morgan fingerprint density at radius 1 is 0.970 bits per heavy atom. The van der Waals surface area contributed by atoms with E-state index in [1.54, 1.807) is 14.2 Å². The van der Waals surface area contributed by atoms with Gasteiger partial charge in [-0.15, -0.1) is 0 Å². The number of benzene rings is 3. The lowest BCUT2D eigenvalue weighted by atomic mass is 9.92. The Labute approximate surface area is 195 Å². The molecule has 1 atom stereocenters. The monoisotopic (exact) mass is 439 g/mol. The number of nitrogens with zero attached hydrogens (tertiary/aromatic N) is 2. The summed E-state index contributed by atoms with van der Waals surface area (Å²) < 4.78 is 7.26. The minimum absolute atomic E-state index is 0.0171. The molecule has 5 nitrogen and oxygen atoms in total. The van der Waals surface area contributed by atoms with Crippen LogP contribution in [0, 0.1) is 13.8 Å². The van der Waals surface area contributed by atoms with Gasteiger partial charge in [0.15, 0.2) is 0 Å². The summed E-state index contributed by atoms with van der Waals surface area (Å²) in [5.74, 6) is 0.457. The van der Waals surface area contributed by atoms with Gasteiger partial charge in [0.05, 0.1) is 30.1 Å². The molecule has 33 heavy (non-hydrogen) atoms. The highest BCUT2D eigenvalue weighted by Crippen LogP contribution is 2.29. The van der Waals surface area contributed by atoms with Crippen LogP contribution in [0.4, 0.5) is 0 Å². The fourth-order valence-electron chi connectivity index (χ4n) is 4.01. The molecule has 168 valence electrons. The molecule has 5 heteroatoms. The van der Waals surface area contributed by atoms with Gasteiger partial charge in [-0.05, 0) is 49.7 Å². The van der Waals surface area contributed by atoms with Crippen molar-refractivity contribution < 1.29 is 9.53 Å². The Hall–Kier alpha value is -3.86. The predicted octanol–water partition coefficient (Wildman–Crippen LogP) is 5.24. The van der Waals surface area contributed by atoms with Crippen molar-refractivity contribution in [1.29, 1.82) is 0 Å². The van der Waals surface area contributed by atoms with Crippen LogP contribution in [0.5, 0.6) is 5.75 Å².